The minimum atomic E-state index is 0.0102. The molecule has 76 valence electrons. The highest BCUT2D eigenvalue weighted by molar-refractivity contribution is 5.95. The third kappa shape index (κ3) is 1.75. The van der Waals surface area contributed by atoms with Gasteiger partial charge in [0, 0.05) is 12.3 Å². The highest BCUT2D eigenvalue weighted by atomic mass is 16.1. The second-order valence-electron chi connectivity index (χ2n) is 3.90. The first-order valence-electron chi connectivity index (χ1n) is 4.97. The first kappa shape index (κ1) is 9.84. The van der Waals surface area contributed by atoms with Crippen molar-refractivity contribution in [3.63, 3.8) is 0 Å². The van der Waals surface area contributed by atoms with Crippen molar-refractivity contribution in [1.82, 2.24) is 4.98 Å². The minimum Gasteiger partial charge on any atom is -0.293 e. The van der Waals surface area contributed by atoms with Crippen molar-refractivity contribution < 1.29 is 4.79 Å². The average molecular weight is 199 g/mol. The summed E-state index contributed by atoms with van der Waals surface area (Å²) >= 11 is 0. The molecule has 0 saturated carbocycles. The first-order valence-corrected chi connectivity index (χ1v) is 4.97. The Morgan fingerprint density at radius 1 is 1.20 bits per heavy atom. The molecule has 1 heterocycles. The van der Waals surface area contributed by atoms with Gasteiger partial charge in [-0.15, -0.1) is 0 Å². The number of nitrogens with zero attached hydrogens (tertiary/aromatic N) is 1. The molecule has 0 amide bonds. The molecule has 1 aromatic carbocycles. The number of pyridine rings is 1. The number of carbonyl (C=O) groups is 1. The van der Waals surface area contributed by atoms with Gasteiger partial charge in [0.05, 0.1) is 5.52 Å². The van der Waals surface area contributed by atoms with Crippen LogP contribution in [0.15, 0.2) is 24.3 Å². The second kappa shape index (κ2) is 3.46. The Labute approximate surface area is 89.0 Å². The van der Waals surface area contributed by atoms with Crippen LogP contribution in [0.5, 0.6) is 0 Å². The fourth-order valence-corrected chi connectivity index (χ4v) is 1.79. The van der Waals surface area contributed by atoms with Crippen LogP contribution in [0.1, 0.15) is 28.5 Å². The second-order valence-corrected chi connectivity index (χ2v) is 3.90. The summed E-state index contributed by atoms with van der Waals surface area (Å²) in [5.41, 5.74) is 3.81. The Morgan fingerprint density at radius 2 is 1.93 bits per heavy atom. The van der Waals surface area contributed by atoms with Gasteiger partial charge in [0.25, 0.3) is 0 Å². The number of hydrogen-bond acceptors (Lipinski definition) is 2. The summed E-state index contributed by atoms with van der Waals surface area (Å²) in [4.78, 5) is 15.5. The Morgan fingerprint density at radius 3 is 2.60 bits per heavy atom. The molecule has 0 unspecified atom stereocenters. The zero-order valence-electron chi connectivity index (χ0n) is 9.16. The lowest BCUT2D eigenvalue weighted by molar-refractivity contribution is 0.101. The van der Waals surface area contributed by atoms with Crippen LogP contribution in [0.2, 0.25) is 0 Å². The number of hydrogen-bond donors (Lipinski definition) is 0. The van der Waals surface area contributed by atoms with Crippen LogP contribution in [0.25, 0.3) is 10.9 Å². The third-order valence-corrected chi connectivity index (χ3v) is 2.52. The van der Waals surface area contributed by atoms with Crippen molar-refractivity contribution in [2.24, 2.45) is 0 Å². The Hall–Kier alpha value is -1.70. The predicted molar refractivity (Wildman–Crippen MR) is 61.2 cm³/mol. The molecule has 2 heteroatoms. The number of fused-ring (bicyclic) bond motifs is 1. The van der Waals surface area contributed by atoms with Gasteiger partial charge in [-0.1, -0.05) is 12.1 Å². The fourth-order valence-electron chi connectivity index (χ4n) is 1.79. The van der Waals surface area contributed by atoms with Crippen molar-refractivity contribution in [3.05, 3.63) is 41.1 Å². The number of Topliss-reactive ketones (excluding diaryl/α,β-unsaturated/α-hetero) is 1. The van der Waals surface area contributed by atoms with Gasteiger partial charge in [0.2, 0.25) is 0 Å². The smallest absolute Gasteiger partial charge is 0.178 e. The van der Waals surface area contributed by atoms with Gasteiger partial charge in [-0.3, -0.25) is 4.79 Å². The molecular formula is C13H13NO. The molecule has 0 aliphatic carbocycles. The molecule has 2 aromatic rings. The van der Waals surface area contributed by atoms with Crippen molar-refractivity contribution >= 4 is 16.7 Å². The van der Waals surface area contributed by atoms with E-state index in [4.69, 9.17) is 0 Å². The zero-order chi connectivity index (χ0) is 11.0. The van der Waals surface area contributed by atoms with Crippen LogP contribution >= 0.6 is 0 Å². The van der Waals surface area contributed by atoms with E-state index in [1.807, 2.05) is 19.1 Å². The summed E-state index contributed by atoms with van der Waals surface area (Å²) in [6.07, 6.45) is 0. The maximum absolute atomic E-state index is 11.2. The van der Waals surface area contributed by atoms with Crippen LogP contribution in [-0.2, 0) is 0 Å². The van der Waals surface area contributed by atoms with E-state index in [9.17, 15) is 4.79 Å². The topological polar surface area (TPSA) is 30.0 Å². The van der Waals surface area contributed by atoms with E-state index in [1.54, 1.807) is 6.07 Å². The number of benzene rings is 1. The number of aromatic nitrogens is 1. The van der Waals surface area contributed by atoms with Crippen LogP contribution in [-0.4, -0.2) is 10.8 Å². The van der Waals surface area contributed by atoms with Gasteiger partial charge < -0.3 is 0 Å². The summed E-state index contributed by atoms with van der Waals surface area (Å²) in [6, 6.07) is 7.88. The normalized spacial score (nSPS) is 10.6. The Kier molecular flexibility index (Phi) is 2.27. The van der Waals surface area contributed by atoms with E-state index >= 15 is 0 Å². The lowest BCUT2D eigenvalue weighted by atomic mass is 10.1. The highest BCUT2D eigenvalue weighted by Gasteiger charge is 2.04. The predicted octanol–water partition coefficient (Wildman–Crippen LogP) is 3.05. The summed E-state index contributed by atoms with van der Waals surface area (Å²) in [6.45, 7) is 5.63. The summed E-state index contributed by atoms with van der Waals surface area (Å²) in [5, 5.41) is 1.12. The van der Waals surface area contributed by atoms with E-state index in [2.05, 4.69) is 18.0 Å². The number of carbonyl (C=O) groups excluding carboxylic acids is 1. The molecule has 0 radical (unpaired) electrons. The molecule has 0 fully saturated rings. The zero-order valence-corrected chi connectivity index (χ0v) is 9.16. The van der Waals surface area contributed by atoms with Gasteiger partial charge in [-0.05, 0) is 37.1 Å². The van der Waals surface area contributed by atoms with Gasteiger partial charge in [-0.25, -0.2) is 4.98 Å². The monoisotopic (exact) mass is 199 g/mol. The molecule has 0 atom stereocenters. The van der Waals surface area contributed by atoms with Crippen molar-refractivity contribution in [1.29, 1.82) is 0 Å². The Balaban J connectivity index is 2.76. The standard InChI is InChI=1S/C13H13NO/c1-8-6-9(2)11-4-5-12(10(3)15)14-13(11)7-8/h4-7H,1-3H3. The van der Waals surface area contributed by atoms with Crippen LogP contribution in [0.3, 0.4) is 0 Å². The summed E-state index contributed by atoms with van der Waals surface area (Å²) < 4.78 is 0. The molecule has 1 aromatic heterocycles. The lowest BCUT2D eigenvalue weighted by Crippen LogP contribution is -1.97. The molecule has 0 aliphatic rings. The van der Waals surface area contributed by atoms with Gasteiger partial charge in [0.1, 0.15) is 5.69 Å². The van der Waals surface area contributed by atoms with Gasteiger partial charge in [0.15, 0.2) is 5.78 Å². The van der Waals surface area contributed by atoms with E-state index in [0.717, 1.165) is 10.9 Å². The molecule has 0 aliphatic heterocycles. The van der Waals surface area contributed by atoms with E-state index in [-0.39, 0.29) is 5.78 Å². The van der Waals surface area contributed by atoms with Crippen LogP contribution in [0, 0.1) is 13.8 Å². The van der Waals surface area contributed by atoms with Gasteiger partial charge in [-0.2, -0.15) is 0 Å². The number of rotatable bonds is 1. The van der Waals surface area contributed by atoms with Gasteiger partial charge >= 0.3 is 0 Å². The van der Waals surface area contributed by atoms with Crippen molar-refractivity contribution in [2.75, 3.05) is 0 Å². The first-order chi connectivity index (χ1) is 7.08. The highest BCUT2D eigenvalue weighted by Crippen LogP contribution is 2.19. The van der Waals surface area contributed by atoms with Crippen LogP contribution < -0.4 is 0 Å². The molecule has 0 N–H and O–H groups in total. The molecular weight excluding hydrogens is 186 g/mol. The third-order valence-electron chi connectivity index (χ3n) is 2.52. The number of aryl methyl sites for hydroxylation is 2. The molecule has 0 saturated heterocycles. The average Bonchev–Trinajstić information content (AvgIpc) is 2.16. The van der Waals surface area contributed by atoms with Crippen molar-refractivity contribution in [3.8, 4) is 0 Å². The lowest BCUT2D eigenvalue weighted by Gasteiger charge is -2.04. The molecule has 2 rings (SSSR count). The summed E-state index contributed by atoms with van der Waals surface area (Å²) in [7, 11) is 0. The van der Waals surface area contributed by atoms with E-state index in [1.165, 1.54) is 18.1 Å². The van der Waals surface area contributed by atoms with Crippen molar-refractivity contribution in [2.45, 2.75) is 20.8 Å². The molecule has 15 heavy (non-hydrogen) atoms. The SMILES string of the molecule is CC(=O)c1ccc2c(C)cc(C)cc2n1. The molecule has 0 bridgehead atoms. The largest absolute Gasteiger partial charge is 0.293 e. The van der Waals surface area contributed by atoms with E-state index < -0.39 is 0 Å². The summed E-state index contributed by atoms with van der Waals surface area (Å²) in [5.74, 6) is 0.0102. The van der Waals surface area contributed by atoms with E-state index in [0.29, 0.717) is 5.69 Å². The maximum Gasteiger partial charge on any atom is 0.178 e. The van der Waals surface area contributed by atoms with Crippen LogP contribution in [0.4, 0.5) is 0 Å². The quantitative estimate of drug-likeness (QED) is 0.661. The maximum atomic E-state index is 11.2. The Bertz CT molecular complexity index is 543. The molecule has 0 spiro atoms. The number of ketones is 1. The minimum absolute atomic E-state index is 0.0102. The fraction of sp³-hybridized carbons (Fsp3) is 0.231. The molecule has 2 nitrogen and oxygen atoms in total.